The maximum Gasteiger partial charge on any atom is 0.307 e. The van der Waals surface area contributed by atoms with Crippen molar-refractivity contribution in [3.63, 3.8) is 0 Å². The Labute approximate surface area is 108 Å². The van der Waals surface area contributed by atoms with Gasteiger partial charge in [-0.15, -0.1) is 0 Å². The van der Waals surface area contributed by atoms with Crippen molar-refractivity contribution >= 4 is 5.97 Å². The van der Waals surface area contributed by atoms with E-state index in [2.05, 4.69) is 5.48 Å². The van der Waals surface area contributed by atoms with E-state index in [1.807, 2.05) is 44.2 Å². The van der Waals surface area contributed by atoms with Gasteiger partial charge in [0.2, 0.25) is 0 Å². The maximum absolute atomic E-state index is 11.0. The second-order valence-corrected chi connectivity index (χ2v) is 4.79. The van der Waals surface area contributed by atoms with E-state index >= 15 is 0 Å². The Balaban J connectivity index is 2.25. The molecular weight excluding hydrogens is 230 g/mol. The molecule has 0 fully saturated rings. The van der Waals surface area contributed by atoms with E-state index in [1.165, 1.54) is 0 Å². The smallest absolute Gasteiger partial charge is 0.307 e. The van der Waals surface area contributed by atoms with Crippen LogP contribution in [0.25, 0.3) is 0 Å². The van der Waals surface area contributed by atoms with Crippen molar-refractivity contribution in [2.24, 2.45) is 11.8 Å². The predicted octanol–water partition coefficient (Wildman–Crippen LogP) is 2.45. The van der Waals surface area contributed by atoms with E-state index in [0.29, 0.717) is 25.5 Å². The summed E-state index contributed by atoms with van der Waals surface area (Å²) in [7, 11) is 0. The second kappa shape index (κ2) is 7.84. The van der Waals surface area contributed by atoms with Crippen molar-refractivity contribution < 1.29 is 14.7 Å². The number of hydrogen-bond donors (Lipinski definition) is 2. The van der Waals surface area contributed by atoms with Gasteiger partial charge in [0.15, 0.2) is 0 Å². The fourth-order valence-corrected chi connectivity index (χ4v) is 1.71. The first-order valence-corrected chi connectivity index (χ1v) is 6.21. The quantitative estimate of drug-likeness (QED) is 0.550. The van der Waals surface area contributed by atoms with Crippen molar-refractivity contribution in [2.75, 3.05) is 6.54 Å². The molecule has 0 heterocycles. The molecule has 1 unspecified atom stereocenters. The van der Waals surface area contributed by atoms with E-state index in [4.69, 9.17) is 9.94 Å². The first-order valence-electron chi connectivity index (χ1n) is 6.21. The minimum atomic E-state index is -0.778. The average Bonchev–Trinajstić information content (AvgIpc) is 2.33. The van der Waals surface area contributed by atoms with Gasteiger partial charge < -0.3 is 5.11 Å². The van der Waals surface area contributed by atoms with Gasteiger partial charge in [-0.1, -0.05) is 44.2 Å². The molecule has 0 aliphatic heterocycles. The lowest BCUT2D eigenvalue weighted by Crippen LogP contribution is -2.29. The molecule has 2 N–H and O–H groups in total. The molecule has 100 valence electrons. The van der Waals surface area contributed by atoms with Gasteiger partial charge in [0.25, 0.3) is 0 Å². The van der Waals surface area contributed by atoms with Crippen LogP contribution >= 0.6 is 0 Å². The van der Waals surface area contributed by atoms with Crippen LogP contribution in [0.2, 0.25) is 0 Å². The van der Waals surface area contributed by atoms with Gasteiger partial charge in [-0.2, -0.15) is 0 Å². The Morgan fingerprint density at radius 2 is 2.00 bits per heavy atom. The summed E-state index contributed by atoms with van der Waals surface area (Å²) >= 11 is 0. The van der Waals surface area contributed by atoms with E-state index in [-0.39, 0.29) is 0 Å². The van der Waals surface area contributed by atoms with Gasteiger partial charge in [-0.05, 0) is 17.9 Å². The van der Waals surface area contributed by atoms with E-state index in [0.717, 1.165) is 5.56 Å². The number of carbonyl (C=O) groups is 1. The molecule has 0 aliphatic carbocycles. The zero-order chi connectivity index (χ0) is 13.4. The highest BCUT2D eigenvalue weighted by atomic mass is 16.6. The molecule has 4 nitrogen and oxygen atoms in total. The predicted molar refractivity (Wildman–Crippen MR) is 69.8 cm³/mol. The molecule has 0 aliphatic rings. The zero-order valence-corrected chi connectivity index (χ0v) is 10.9. The van der Waals surface area contributed by atoms with Gasteiger partial charge >= 0.3 is 5.97 Å². The molecule has 0 radical (unpaired) electrons. The van der Waals surface area contributed by atoms with Crippen LogP contribution in [0.3, 0.4) is 0 Å². The van der Waals surface area contributed by atoms with Crippen molar-refractivity contribution in [3.8, 4) is 0 Å². The second-order valence-electron chi connectivity index (χ2n) is 4.79. The molecular formula is C14H21NO3. The molecule has 0 aromatic heterocycles. The molecule has 0 saturated heterocycles. The molecule has 1 aromatic carbocycles. The van der Waals surface area contributed by atoms with Crippen molar-refractivity contribution in [1.29, 1.82) is 0 Å². The number of aliphatic carboxylic acids is 1. The monoisotopic (exact) mass is 251 g/mol. The van der Waals surface area contributed by atoms with Gasteiger partial charge in [-0.25, -0.2) is 5.48 Å². The molecule has 0 amide bonds. The Morgan fingerprint density at radius 3 is 2.56 bits per heavy atom. The summed E-state index contributed by atoms with van der Waals surface area (Å²) in [4.78, 5) is 16.3. The van der Waals surface area contributed by atoms with E-state index in [9.17, 15) is 4.79 Å². The zero-order valence-electron chi connectivity index (χ0n) is 10.9. The number of hydrogen-bond acceptors (Lipinski definition) is 3. The minimum absolute atomic E-state index is 0.334. The van der Waals surface area contributed by atoms with Crippen molar-refractivity contribution in [2.45, 2.75) is 26.9 Å². The Bertz CT molecular complexity index is 351. The number of hydroxylamine groups is 1. The van der Waals surface area contributed by atoms with Crippen LogP contribution in [-0.2, 0) is 16.2 Å². The number of carboxylic acid groups (broad SMARTS) is 1. The third-order valence-electron chi connectivity index (χ3n) is 2.62. The van der Waals surface area contributed by atoms with Crippen LogP contribution in [0, 0.1) is 11.8 Å². The fraction of sp³-hybridized carbons (Fsp3) is 0.500. The molecule has 1 aromatic rings. The lowest BCUT2D eigenvalue weighted by molar-refractivity contribution is -0.143. The summed E-state index contributed by atoms with van der Waals surface area (Å²) in [6, 6.07) is 9.75. The Morgan fingerprint density at radius 1 is 1.33 bits per heavy atom. The van der Waals surface area contributed by atoms with Crippen LogP contribution in [0.1, 0.15) is 25.8 Å². The third-order valence-corrected chi connectivity index (χ3v) is 2.62. The number of carboxylic acids is 1. The summed E-state index contributed by atoms with van der Waals surface area (Å²) in [5, 5.41) is 9.04. The fourth-order valence-electron chi connectivity index (χ4n) is 1.71. The Hall–Kier alpha value is -1.39. The summed E-state index contributed by atoms with van der Waals surface area (Å²) in [6.07, 6.45) is 0.650. The molecule has 18 heavy (non-hydrogen) atoms. The van der Waals surface area contributed by atoms with Gasteiger partial charge in [0, 0.05) is 6.54 Å². The molecule has 0 saturated carbocycles. The number of nitrogens with one attached hydrogen (secondary N) is 1. The van der Waals surface area contributed by atoms with Crippen molar-refractivity contribution in [1.82, 2.24) is 5.48 Å². The van der Waals surface area contributed by atoms with Crippen LogP contribution in [0.15, 0.2) is 30.3 Å². The summed E-state index contributed by atoms with van der Waals surface area (Å²) in [6.45, 7) is 4.80. The summed E-state index contributed by atoms with van der Waals surface area (Å²) in [5.74, 6) is -0.817. The SMILES string of the molecule is CC(C)CC(CNOCc1ccccc1)C(=O)O. The third kappa shape index (κ3) is 5.80. The van der Waals surface area contributed by atoms with Crippen LogP contribution in [0.5, 0.6) is 0 Å². The van der Waals surface area contributed by atoms with Crippen LogP contribution in [-0.4, -0.2) is 17.6 Å². The standard InChI is InChI=1S/C14H21NO3/c1-11(2)8-13(14(16)17)9-15-18-10-12-6-4-3-5-7-12/h3-7,11,13,15H,8-10H2,1-2H3,(H,16,17). The highest BCUT2D eigenvalue weighted by Crippen LogP contribution is 2.11. The number of benzene rings is 1. The van der Waals surface area contributed by atoms with Gasteiger partial charge in [0.1, 0.15) is 0 Å². The average molecular weight is 251 g/mol. The number of rotatable bonds is 8. The first kappa shape index (κ1) is 14.7. The maximum atomic E-state index is 11.0. The van der Waals surface area contributed by atoms with E-state index in [1.54, 1.807) is 0 Å². The molecule has 1 atom stereocenters. The minimum Gasteiger partial charge on any atom is -0.481 e. The highest BCUT2D eigenvalue weighted by molar-refractivity contribution is 5.70. The summed E-state index contributed by atoms with van der Waals surface area (Å²) < 4.78 is 0. The lowest BCUT2D eigenvalue weighted by Gasteiger charge is -2.15. The normalized spacial score (nSPS) is 12.6. The van der Waals surface area contributed by atoms with Gasteiger partial charge in [-0.3, -0.25) is 9.63 Å². The topological polar surface area (TPSA) is 58.6 Å². The molecule has 1 rings (SSSR count). The molecule has 4 heteroatoms. The first-order chi connectivity index (χ1) is 8.59. The molecule has 0 bridgehead atoms. The lowest BCUT2D eigenvalue weighted by atomic mass is 9.97. The van der Waals surface area contributed by atoms with Crippen molar-refractivity contribution in [3.05, 3.63) is 35.9 Å². The highest BCUT2D eigenvalue weighted by Gasteiger charge is 2.18. The molecule has 0 spiro atoms. The summed E-state index contributed by atoms with van der Waals surface area (Å²) in [5.41, 5.74) is 3.80. The van der Waals surface area contributed by atoms with Crippen LogP contribution in [0.4, 0.5) is 0 Å². The van der Waals surface area contributed by atoms with Gasteiger partial charge in [0.05, 0.1) is 12.5 Å². The largest absolute Gasteiger partial charge is 0.481 e. The van der Waals surface area contributed by atoms with E-state index < -0.39 is 11.9 Å². The Kier molecular flexibility index (Phi) is 6.39. The van der Waals surface area contributed by atoms with Crippen LogP contribution < -0.4 is 5.48 Å².